The number of phosphoric ester groups is 2. The second kappa shape index (κ2) is 71.5. The Balaban J connectivity index is 5.20. The first-order chi connectivity index (χ1) is 46.7. The summed E-state index contributed by atoms with van der Waals surface area (Å²) in [5.74, 6) is -2.11. The Morgan fingerprint density at radius 3 is 0.615 bits per heavy atom. The van der Waals surface area contributed by atoms with Crippen LogP contribution < -0.4 is 0 Å². The summed E-state index contributed by atoms with van der Waals surface area (Å²) in [5, 5.41) is 10.6. The van der Waals surface area contributed by atoms with E-state index in [0.717, 1.165) is 89.9 Å². The standard InChI is InChI=1S/C77H150O17P2/c1-5-9-13-17-21-25-28-31-34-37-40-43-46-50-54-58-62-75(80)88-68-73(94-77(82)64-60-56-52-48-45-42-39-36-33-30-27-23-19-15-11-7-3)70-92-96(85,86)90-66-71(78)65-89-95(83,84)91-69-72(67-87-74(79)61-57-53-49-24-20-16-12-8-4)93-76(81)63-59-55-51-47-44-41-38-35-32-29-26-22-18-14-10-6-2/h71-73,78H,5-70H2,1-4H3,(H,83,84)(H,85,86)/t71-,72+,73+/m0/s1. The molecule has 0 saturated heterocycles. The van der Waals surface area contributed by atoms with Gasteiger partial charge in [-0.1, -0.05) is 362 Å². The minimum absolute atomic E-state index is 0.109. The Morgan fingerprint density at radius 2 is 0.417 bits per heavy atom. The molecule has 0 aromatic carbocycles. The van der Waals surface area contributed by atoms with Crippen molar-refractivity contribution in [3.8, 4) is 0 Å². The van der Waals surface area contributed by atoms with E-state index in [4.69, 9.17) is 37.0 Å². The molecule has 570 valence electrons. The fourth-order valence-electron chi connectivity index (χ4n) is 11.9. The fourth-order valence-corrected chi connectivity index (χ4v) is 13.5. The second-order valence-corrected chi connectivity index (χ2v) is 30.7. The van der Waals surface area contributed by atoms with E-state index in [0.29, 0.717) is 25.7 Å². The van der Waals surface area contributed by atoms with Crippen LogP contribution in [0.25, 0.3) is 0 Å². The van der Waals surface area contributed by atoms with Crippen molar-refractivity contribution in [2.75, 3.05) is 39.6 Å². The molecule has 2 unspecified atom stereocenters. The summed E-state index contributed by atoms with van der Waals surface area (Å²) in [5.41, 5.74) is 0. The molecule has 0 aromatic heterocycles. The van der Waals surface area contributed by atoms with E-state index in [2.05, 4.69) is 27.7 Å². The van der Waals surface area contributed by atoms with Crippen LogP contribution in [-0.4, -0.2) is 96.7 Å². The molecule has 5 atom stereocenters. The van der Waals surface area contributed by atoms with Crippen molar-refractivity contribution in [3.05, 3.63) is 0 Å². The lowest BCUT2D eigenvalue weighted by molar-refractivity contribution is -0.161. The molecule has 0 saturated carbocycles. The smallest absolute Gasteiger partial charge is 0.462 e. The summed E-state index contributed by atoms with van der Waals surface area (Å²) in [7, 11) is -9.91. The van der Waals surface area contributed by atoms with Gasteiger partial charge >= 0.3 is 39.5 Å². The quantitative estimate of drug-likeness (QED) is 0.0222. The number of hydrogen-bond donors (Lipinski definition) is 3. The first kappa shape index (κ1) is 94.1. The van der Waals surface area contributed by atoms with Crippen LogP contribution in [0.15, 0.2) is 0 Å². The van der Waals surface area contributed by atoms with Crippen LogP contribution in [0.5, 0.6) is 0 Å². The van der Waals surface area contributed by atoms with Gasteiger partial charge in [-0.25, -0.2) is 9.13 Å². The summed E-state index contributed by atoms with van der Waals surface area (Å²) >= 11 is 0. The van der Waals surface area contributed by atoms with Gasteiger partial charge in [0.1, 0.15) is 19.3 Å². The molecule has 19 heteroatoms. The van der Waals surface area contributed by atoms with E-state index in [1.807, 2.05) is 0 Å². The van der Waals surface area contributed by atoms with E-state index in [1.165, 1.54) is 244 Å². The molecule has 0 bridgehead atoms. The lowest BCUT2D eigenvalue weighted by Gasteiger charge is -2.21. The number of carbonyl (C=O) groups is 4. The number of carbonyl (C=O) groups excluding carboxylic acids is 4. The number of hydrogen-bond acceptors (Lipinski definition) is 15. The zero-order chi connectivity index (χ0) is 70.4. The summed E-state index contributed by atoms with van der Waals surface area (Å²) in [6.45, 7) is 4.98. The number of unbranched alkanes of at least 4 members (excludes halogenated alkanes) is 52. The van der Waals surface area contributed by atoms with Gasteiger partial charge in [-0.2, -0.15) is 0 Å². The molecule has 0 aromatic rings. The van der Waals surface area contributed by atoms with Crippen LogP contribution in [-0.2, 0) is 65.4 Å². The molecule has 0 aliphatic rings. The van der Waals surface area contributed by atoms with Crippen LogP contribution in [0.1, 0.15) is 413 Å². The molecule has 0 rings (SSSR count). The molecule has 0 heterocycles. The number of esters is 4. The summed E-state index contributed by atoms with van der Waals surface area (Å²) in [6.07, 6.45) is 62.4. The molecule has 3 N–H and O–H groups in total. The van der Waals surface area contributed by atoms with Crippen molar-refractivity contribution in [2.45, 2.75) is 431 Å². The van der Waals surface area contributed by atoms with Crippen LogP contribution >= 0.6 is 15.6 Å². The zero-order valence-electron chi connectivity index (χ0n) is 62.4. The first-order valence-corrected chi connectivity index (χ1v) is 43.3. The largest absolute Gasteiger partial charge is 0.472 e. The maximum Gasteiger partial charge on any atom is 0.472 e. The van der Waals surface area contributed by atoms with E-state index in [-0.39, 0.29) is 25.7 Å². The maximum absolute atomic E-state index is 13.1. The molecule has 0 amide bonds. The minimum atomic E-state index is -4.96. The highest BCUT2D eigenvalue weighted by Gasteiger charge is 2.30. The average Bonchev–Trinajstić information content (AvgIpc) is 1.65. The molecule has 0 aliphatic carbocycles. The van der Waals surface area contributed by atoms with Gasteiger partial charge in [-0.15, -0.1) is 0 Å². The van der Waals surface area contributed by atoms with Crippen molar-refractivity contribution in [1.82, 2.24) is 0 Å². The maximum atomic E-state index is 13.1. The Hall–Kier alpha value is -1.94. The van der Waals surface area contributed by atoms with Gasteiger partial charge in [0.2, 0.25) is 0 Å². The number of ether oxygens (including phenoxy) is 4. The van der Waals surface area contributed by atoms with Crippen molar-refractivity contribution < 1.29 is 80.2 Å². The van der Waals surface area contributed by atoms with Gasteiger partial charge in [0.15, 0.2) is 12.2 Å². The zero-order valence-corrected chi connectivity index (χ0v) is 64.1. The van der Waals surface area contributed by atoms with E-state index < -0.39 is 97.5 Å². The SMILES string of the molecule is CCCCCCCCCCCCCCCCCCC(=O)OC[C@H](COP(=O)(O)OC[C@@H](O)COP(=O)(O)OC[C@@H](COC(=O)CCCCCCCCCC)OC(=O)CCCCCCCCCCCCCCCCCC)OC(=O)CCCCCCCCCCCCCCCCCC. The van der Waals surface area contributed by atoms with Crippen LogP contribution in [0, 0.1) is 0 Å². The molecular weight excluding hydrogens is 1260 g/mol. The summed E-state index contributed by atoms with van der Waals surface area (Å²) < 4.78 is 68.5. The number of rotatable bonds is 78. The Kier molecular flexibility index (Phi) is 70.0. The summed E-state index contributed by atoms with van der Waals surface area (Å²) in [4.78, 5) is 72.8. The van der Waals surface area contributed by atoms with Gasteiger partial charge in [-0.05, 0) is 25.7 Å². The van der Waals surface area contributed by atoms with E-state index in [9.17, 15) is 43.2 Å². The fraction of sp³-hybridized carbons (Fsp3) is 0.948. The lowest BCUT2D eigenvalue weighted by Crippen LogP contribution is -2.30. The highest BCUT2D eigenvalue weighted by atomic mass is 31.2. The van der Waals surface area contributed by atoms with Crippen molar-refractivity contribution >= 4 is 39.5 Å². The molecule has 0 aliphatic heterocycles. The highest BCUT2D eigenvalue weighted by Crippen LogP contribution is 2.45. The van der Waals surface area contributed by atoms with E-state index >= 15 is 0 Å². The van der Waals surface area contributed by atoms with Gasteiger partial charge in [0, 0.05) is 25.7 Å². The van der Waals surface area contributed by atoms with Gasteiger partial charge in [-0.3, -0.25) is 37.3 Å². The normalized spacial score (nSPS) is 13.9. The summed E-state index contributed by atoms with van der Waals surface area (Å²) in [6, 6.07) is 0. The van der Waals surface area contributed by atoms with Gasteiger partial charge in [0.05, 0.1) is 26.4 Å². The third-order valence-electron chi connectivity index (χ3n) is 18.1. The van der Waals surface area contributed by atoms with Crippen LogP contribution in [0.4, 0.5) is 0 Å². The Morgan fingerprint density at radius 1 is 0.250 bits per heavy atom. The van der Waals surface area contributed by atoms with Crippen molar-refractivity contribution in [2.24, 2.45) is 0 Å². The molecule has 0 spiro atoms. The lowest BCUT2D eigenvalue weighted by atomic mass is 10.0. The van der Waals surface area contributed by atoms with Crippen molar-refractivity contribution in [3.63, 3.8) is 0 Å². The monoisotopic (exact) mass is 1410 g/mol. The van der Waals surface area contributed by atoms with Gasteiger partial charge < -0.3 is 33.8 Å². The number of aliphatic hydroxyl groups is 1. The van der Waals surface area contributed by atoms with Crippen LogP contribution in [0.3, 0.4) is 0 Å². The predicted molar refractivity (Wildman–Crippen MR) is 391 cm³/mol. The minimum Gasteiger partial charge on any atom is -0.462 e. The third-order valence-corrected chi connectivity index (χ3v) is 20.0. The van der Waals surface area contributed by atoms with Crippen LogP contribution in [0.2, 0.25) is 0 Å². The Bertz CT molecular complexity index is 1830. The first-order valence-electron chi connectivity index (χ1n) is 40.3. The third kappa shape index (κ3) is 70.5. The predicted octanol–water partition coefficient (Wildman–Crippen LogP) is 23.0. The Labute approximate surface area is 588 Å². The molecule has 17 nitrogen and oxygen atoms in total. The second-order valence-electron chi connectivity index (χ2n) is 27.7. The number of aliphatic hydroxyl groups excluding tert-OH is 1. The molecule has 96 heavy (non-hydrogen) atoms. The van der Waals surface area contributed by atoms with Gasteiger partial charge in [0.25, 0.3) is 0 Å². The average molecular weight is 1410 g/mol. The number of phosphoric acid groups is 2. The molecular formula is C77H150O17P2. The topological polar surface area (TPSA) is 237 Å². The molecule has 0 radical (unpaired) electrons. The van der Waals surface area contributed by atoms with E-state index in [1.54, 1.807) is 0 Å². The highest BCUT2D eigenvalue weighted by molar-refractivity contribution is 7.47. The molecule has 0 fully saturated rings. The van der Waals surface area contributed by atoms with Crippen molar-refractivity contribution in [1.29, 1.82) is 0 Å².